The molecule has 2 N–H and O–H groups in total. The largest absolute Gasteiger partial charge is 0.506 e. The van der Waals surface area contributed by atoms with Gasteiger partial charge in [0.05, 0.1) is 11.7 Å². The van der Waals surface area contributed by atoms with Crippen LogP contribution in [-0.2, 0) is 6.42 Å². The van der Waals surface area contributed by atoms with Crippen LogP contribution in [0.2, 0.25) is 5.15 Å². The van der Waals surface area contributed by atoms with Crippen LogP contribution in [0.3, 0.4) is 0 Å². The molecule has 2 aromatic heterocycles. The number of rotatable bonds is 2. The minimum Gasteiger partial charge on any atom is -0.506 e. The third-order valence-corrected chi connectivity index (χ3v) is 3.26. The van der Waals surface area contributed by atoms with E-state index >= 15 is 0 Å². The highest BCUT2D eigenvalue weighted by Crippen LogP contribution is 2.23. The quantitative estimate of drug-likeness (QED) is 0.832. The Morgan fingerprint density at radius 1 is 1.50 bits per heavy atom. The van der Waals surface area contributed by atoms with Gasteiger partial charge in [-0.15, -0.1) is 0 Å². The molecular weight excluding hydrogens is 226 g/mol. The van der Waals surface area contributed by atoms with Gasteiger partial charge in [-0.2, -0.15) is 0 Å². The average Bonchev–Trinajstić information content (AvgIpc) is 2.49. The van der Waals surface area contributed by atoms with Crippen molar-refractivity contribution >= 4 is 17.1 Å². The number of fused-ring (bicyclic) bond motifs is 1. The van der Waals surface area contributed by atoms with E-state index in [4.69, 9.17) is 11.6 Å². The Kier molecular flexibility index (Phi) is 2.26. The van der Waals surface area contributed by atoms with Crippen LogP contribution in [0.5, 0.6) is 5.75 Å². The first-order valence-corrected chi connectivity index (χ1v) is 5.68. The van der Waals surface area contributed by atoms with Gasteiger partial charge in [-0.25, -0.2) is 4.98 Å². The lowest BCUT2D eigenvalue weighted by Crippen LogP contribution is -2.43. The van der Waals surface area contributed by atoms with Crippen LogP contribution >= 0.6 is 11.6 Å². The van der Waals surface area contributed by atoms with Crippen LogP contribution in [0.4, 0.5) is 0 Å². The van der Waals surface area contributed by atoms with Crippen molar-refractivity contribution in [3.63, 3.8) is 0 Å². The molecule has 16 heavy (non-hydrogen) atoms. The highest BCUT2D eigenvalue weighted by Gasteiger charge is 2.20. The van der Waals surface area contributed by atoms with Crippen LogP contribution in [-0.4, -0.2) is 27.6 Å². The predicted octanol–water partition coefficient (Wildman–Crippen LogP) is 1.46. The maximum Gasteiger partial charge on any atom is 0.155 e. The normalized spacial score (nSPS) is 16.6. The van der Waals surface area contributed by atoms with Gasteiger partial charge in [0.15, 0.2) is 5.15 Å². The van der Waals surface area contributed by atoms with Gasteiger partial charge in [0, 0.05) is 6.42 Å². The van der Waals surface area contributed by atoms with Crippen molar-refractivity contribution in [2.24, 2.45) is 5.92 Å². The molecule has 1 fully saturated rings. The molecule has 0 radical (unpaired) electrons. The van der Waals surface area contributed by atoms with Crippen LogP contribution in [0, 0.1) is 5.92 Å². The smallest absolute Gasteiger partial charge is 0.155 e. The van der Waals surface area contributed by atoms with Gasteiger partial charge in [-0.1, -0.05) is 11.6 Å². The van der Waals surface area contributed by atoms with Crippen LogP contribution in [0.25, 0.3) is 5.52 Å². The number of hydrogen-bond donors (Lipinski definition) is 2. The third-order valence-electron chi connectivity index (χ3n) is 2.99. The monoisotopic (exact) mass is 237 g/mol. The number of pyridine rings is 1. The zero-order chi connectivity index (χ0) is 11.1. The molecule has 1 aliphatic heterocycles. The second kappa shape index (κ2) is 3.64. The molecule has 4 nitrogen and oxygen atoms in total. The third kappa shape index (κ3) is 1.54. The Morgan fingerprint density at radius 3 is 3.00 bits per heavy atom. The van der Waals surface area contributed by atoms with Gasteiger partial charge in [0.25, 0.3) is 0 Å². The first-order chi connectivity index (χ1) is 7.74. The Labute approximate surface area is 97.9 Å². The number of halogens is 1. The zero-order valence-electron chi connectivity index (χ0n) is 8.65. The van der Waals surface area contributed by atoms with E-state index in [9.17, 15) is 5.11 Å². The molecule has 0 bridgehead atoms. The van der Waals surface area contributed by atoms with Crippen molar-refractivity contribution in [2.45, 2.75) is 6.42 Å². The molecule has 0 spiro atoms. The van der Waals surface area contributed by atoms with Crippen molar-refractivity contribution in [3.8, 4) is 5.75 Å². The molecule has 1 saturated heterocycles. The zero-order valence-corrected chi connectivity index (χ0v) is 9.41. The predicted molar refractivity (Wildman–Crippen MR) is 61.9 cm³/mol. The fourth-order valence-corrected chi connectivity index (χ4v) is 2.24. The van der Waals surface area contributed by atoms with Gasteiger partial charge >= 0.3 is 0 Å². The number of aromatic nitrogens is 2. The summed E-state index contributed by atoms with van der Waals surface area (Å²) in [6, 6.07) is 3.41. The van der Waals surface area contributed by atoms with Gasteiger partial charge < -0.3 is 10.4 Å². The van der Waals surface area contributed by atoms with Crippen LogP contribution < -0.4 is 5.32 Å². The van der Waals surface area contributed by atoms with Gasteiger partial charge in [0.1, 0.15) is 11.6 Å². The van der Waals surface area contributed by atoms with Crippen molar-refractivity contribution in [2.75, 3.05) is 13.1 Å². The molecule has 0 aliphatic carbocycles. The summed E-state index contributed by atoms with van der Waals surface area (Å²) in [6.45, 7) is 2.07. The van der Waals surface area contributed by atoms with Crippen molar-refractivity contribution in [3.05, 3.63) is 29.3 Å². The molecular formula is C11H12ClN3O. The van der Waals surface area contributed by atoms with E-state index in [0.29, 0.717) is 11.1 Å². The lowest BCUT2D eigenvalue weighted by molar-refractivity contribution is 0.340. The lowest BCUT2D eigenvalue weighted by Gasteiger charge is -2.26. The highest BCUT2D eigenvalue weighted by atomic mass is 35.5. The number of nitrogens with one attached hydrogen (secondary N) is 1. The van der Waals surface area contributed by atoms with E-state index in [1.807, 2.05) is 4.40 Å². The van der Waals surface area contributed by atoms with Gasteiger partial charge in [-0.3, -0.25) is 4.40 Å². The number of hydrogen-bond acceptors (Lipinski definition) is 3. The minimum absolute atomic E-state index is 0.231. The summed E-state index contributed by atoms with van der Waals surface area (Å²) in [7, 11) is 0. The first kappa shape index (κ1) is 9.93. The van der Waals surface area contributed by atoms with Crippen molar-refractivity contribution in [1.29, 1.82) is 0 Å². The van der Waals surface area contributed by atoms with E-state index < -0.39 is 0 Å². The molecule has 3 rings (SSSR count). The lowest BCUT2D eigenvalue weighted by atomic mass is 9.99. The molecule has 0 aromatic carbocycles. The molecule has 0 atom stereocenters. The molecule has 0 saturated carbocycles. The summed E-state index contributed by atoms with van der Waals surface area (Å²) < 4.78 is 1.87. The molecule has 0 unspecified atom stereocenters. The number of nitrogens with zero attached hydrogens (tertiary/aromatic N) is 2. The molecule has 1 aliphatic rings. The Bertz CT molecular complexity index is 533. The van der Waals surface area contributed by atoms with Crippen molar-refractivity contribution in [1.82, 2.24) is 14.7 Å². The highest BCUT2D eigenvalue weighted by molar-refractivity contribution is 6.32. The second-order valence-electron chi connectivity index (χ2n) is 4.19. The van der Waals surface area contributed by atoms with E-state index in [1.54, 1.807) is 18.3 Å². The molecule has 0 amide bonds. The summed E-state index contributed by atoms with van der Waals surface area (Å²) in [5, 5.41) is 13.2. The van der Waals surface area contributed by atoms with Gasteiger partial charge in [-0.05, 0) is 31.1 Å². The first-order valence-electron chi connectivity index (χ1n) is 5.30. The van der Waals surface area contributed by atoms with Crippen LogP contribution in [0.15, 0.2) is 18.3 Å². The summed E-state index contributed by atoms with van der Waals surface area (Å²) >= 11 is 6.05. The number of imidazole rings is 1. The van der Waals surface area contributed by atoms with E-state index in [2.05, 4.69) is 10.3 Å². The van der Waals surface area contributed by atoms with Crippen molar-refractivity contribution < 1.29 is 5.11 Å². The minimum atomic E-state index is 0.231. The fraction of sp³-hybridized carbons (Fsp3) is 0.364. The molecule has 2 aromatic rings. The fourth-order valence-electron chi connectivity index (χ4n) is 1.99. The van der Waals surface area contributed by atoms with E-state index in [-0.39, 0.29) is 5.75 Å². The van der Waals surface area contributed by atoms with E-state index in [1.165, 1.54) is 0 Å². The summed E-state index contributed by atoms with van der Waals surface area (Å²) in [5.41, 5.74) is 0.849. The topological polar surface area (TPSA) is 49.6 Å². The SMILES string of the molecule is Oc1ccc2c(Cl)nc(CC3CNC3)n2c1. The Morgan fingerprint density at radius 2 is 2.31 bits per heavy atom. The maximum absolute atomic E-state index is 9.47. The summed E-state index contributed by atoms with van der Waals surface area (Å²) in [5.74, 6) is 1.78. The second-order valence-corrected chi connectivity index (χ2v) is 4.55. The maximum atomic E-state index is 9.47. The van der Waals surface area contributed by atoms with Gasteiger partial charge in [0.2, 0.25) is 0 Å². The number of aromatic hydroxyl groups is 1. The molecule has 84 valence electrons. The standard InChI is InChI=1S/C11H12ClN3O/c12-11-9-2-1-8(16)6-15(9)10(14-11)3-7-4-13-5-7/h1-2,6-7,13,16H,3-5H2. The van der Waals surface area contributed by atoms with E-state index in [0.717, 1.165) is 30.9 Å². The summed E-state index contributed by atoms with van der Waals surface area (Å²) in [4.78, 5) is 4.34. The Balaban J connectivity index is 2.05. The molecule has 5 heteroatoms. The van der Waals surface area contributed by atoms with Crippen LogP contribution in [0.1, 0.15) is 5.82 Å². The molecule has 3 heterocycles. The summed E-state index contributed by atoms with van der Waals surface area (Å²) in [6.07, 6.45) is 2.56. The Hall–Kier alpha value is -1.26. The average molecular weight is 238 g/mol.